The van der Waals surface area contributed by atoms with Gasteiger partial charge >= 0.3 is 13.8 Å². The SMILES string of the molecule is CCCCCCCCC(CCCCCC)COC(=O)[C@@H](N)CCCN=C(N)N.O=P(O)(O)O. The summed E-state index contributed by atoms with van der Waals surface area (Å²) in [4.78, 5) is 37.6. The summed E-state index contributed by atoms with van der Waals surface area (Å²) in [6, 6.07) is -0.594. The maximum atomic E-state index is 12.2. The molecule has 0 amide bonds. The number of ether oxygens (including phenoxy) is 1. The number of rotatable bonds is 19. The number of hydrogen-bond acceptors (Lipinski definition) is 5. The highest BCUT2D eigenvalue weighted by Gasteiger charge is 2.17. The van der Waals surface area contributed by atoms with E-state index in [-0.39, 0.29) is 11.9 Å². The van der Waals surface area contributed by atoms with Crippen LogP contribution in [-0.2, 0) is 14.1 Å². The van der Waals surface area contributed by atoms with E-state index >= 15 is 0 Å². The van der Waals surface area contributed by atoms with Crippen molar-refractivity contribution in [2.75, 3.05) is 13.2 Å². The molecule has 0 saturated carbocycles. The number of guanidine groups is 1. The van der Waals surface area contributed by atoms with Gasteiger partial charge in [0.05, 0.1) is 6.61 Å². The minimum atomic E-state index is -4.64. The normalized spacial score (nSPS) is 12.9. The molecule has 9 N–H and O–H groups in total. The van der Waals surface area contributed by atoms with E-state index in [1.54, 1.807) is 0 Å². The number of unbranched alkanes of at least 4 members (excludes halogenated alkanes) is 8. The Bertz CT molecular complexity index is 533. The van der Waals surface area contributed by atoms with E-state index in [4.69, 9.17) is 41.2 Å². The molecule has 0 aromatic heterocycles. The monoisotopic (exact) mass is 496 g/mol. The molecule has 0 aromatic carbocycles. The molecule has 0 heterocycles. The molecule has 0 saturated heterocycles. The van der Waals surface area contributed by atoms with Crippen LogP contribution in [0, 0.1) is 5.92 Å². The van der Waals surface area contributed by atoms with Gasteiger partial charge in [-0.15, -0.1) is 0 Å². The van der Waals surface area contributed by atoms with E-state index < -0.39 is 13.9 Å². The van der Waals surface area contributed by atoms with Gasteiger partial charge in [-0.2, -0.15) is 0 Å². The van der Waals surface area contributed by atoms with Crippen LogP contribution in [0.3, 0.4) is 0 Å². The number of carbonyl (C=O) groups is 1. The van der Waals surface area contributed by atoms with Crippen molar-refractivity contribution in [2.24, 2.45) is 28.1 Å². The fraction of sp³-hybridized carbons (Fsp3) is 0.909. The molecule has 0 aromatic rings. The second-order valence-electron chi connectivity index (χ2n) is 8.47. The minimum absolute atomic E-state index is 0.0664. The predicted molar refractivity (Wildman–Crippen MR) is 133 cm³/mol. The van der Waals surface area contributed by atoms with Gasteiger partial charge in [0, 0.05) is 6.54 Å². The van der Waals surface area contributed by atoms with Gasteiger partial charge in [0.2, 0.25) is 0 Å². The molecule has 0 bridgehead atoms. The van der Waals surface area contributed by atoms with Crippen molar-refractivity contribution < 1.29 is 28.8 Å². The first-order valence-electron chi connectivity index (χ1n) is 12.3. The minimum Gasteiger partial charge on any atom is -0.464 e. The second kappa shape index (κ2) is 22.6. The lowest BCUT2D eigenvalue weighted by atomic mass is 9.95. The molecule has 0 fully saturated rings. The summed E-state index contributed by atoms with van der Waals surface area (Å²) in [5.74, 6) is 0.226. The first-order valence-corrected chi connectivity index (χ1v) is 13.8. The Morgan fingerprint density at radius 2 is 1.30 bits per heavy atom. The molecule has 2 atom stereocenters. The predicted octanol–water partition coefficient (Wildman–Crippen LogP) is 3.32. The van der Waals surface area contributed by atoms with E-state index in [1.165, 1.54) is 64.2 Å². The number of hydrogen-bond donors (Lipinski definition) is 6. The summed E-state index contributed by atoms with van der Waals surface area (Å²) in [6.07, 6.45) is 16.3. The largest absolute Gasteiger partial charge is 0.466 e. The molecule has 10 nitrogen and oxygen atoms in total. The fourth-order valence-electron chi connectivity index (χ4n) is 3.33. The van der Waals surface area contributed by atoms with Gasteiger partial charge in [-0.25, -0.2) is 4.57 Å². The number of phosphoric acid groups is 1. The number of aliphatic imine (C=N–C) groups is 1. The lowest BCUT2D eigenvalue weighted by molar-refractivity contribution is -0.147. The quantitative estimate of drug-likeness (QED) is 0.0511. The van der Waals surface area contributed by atoms with Crippen LogP contribution in [0.1, 0.15) is 104 Å². The van der Waals surface area contributed by atoms with E-state index in [0.29, 0.717) is 31.9 Å². The number of nitrogens with zero attached hydrogens (tertiary/aromatic N) is 1. The Kier molecular flexibility index (Phi) is 23.3. The fourth-order valence-corrected chi connectivity index (χ4v) is 3.33. The van der Waals surface area contributed by atoms with Gasteiger partial charge in [-0.05, 0) is 31.6 Å². The van der Waals surface area contributed by atoms with Crippen molar-refractivity contribution in [3.05, 3.63) is 0 Å². The van der Waals surface area contributed by atoms with Crippen LogP contribution in [-0.4, -0.2) is 45.8 Å². The summed E-state index contributed by atoms with van der Waals surface area (Å²) < 4.78 is 14.4. The van der Waals surface area contributed by atoms with Crippen LogP contribution in [0.15, 0.2) is 4.99 Å². The number of esters is 1. The zero-order valence-corrected chi connectivity index (χ0v) is 21.6. The van der Waals surface area contributed by atoms with Crippen LogP contribution in [0.25, 0.3) is 0 Å². The lowest BCUT2D eigenvalue weighted by Crippen LogP contribution is -2.33. The van der Waals surface area contributed by atoms with E-state index in [0.717, 1.165) is 12.8 Å². The zero-order chi connectivity index (χ0) is 25.5. The van der Waals surface area contributed by atoms with Crippen LogP contribution < -0.4 is 17.2 Å². The highest BCUT2D eigenvalue weighted by atomic mass is 31.2. The third kappa shape index (κ3) is 30.8. The van der Waals surface area contributed by atoms with Crippen molar-refractivity contribution in [3.63, 3.8) is 0 Å². The zero-order valence-electron chi connectivity index (χ0n) is 20.7. The molecule has 0 spiro atoms. The topological polar surface area (TPSA) is 194 Å². The third-order valence-corrected chi connectivity index (χ3v) is 5.16. The van der Waals surface area contributed by atoms with E-state index in [2.05, 4.69) is 18.8 Å². The van der Waals surface area contributed by atoms with Crippen LogP contribution in [0.4, 0.5) is 0 Å². The van der Waals surface area contributed by atoms with Gasteiger partial charge in [-0.1, -0.05) is 78.1 Å². The van der Waals surface area contributed by atoms with Gasteiger partial charge in [-0.3, -0.25) is 9.79 Å². The molecular formula is C22H49N4O6P. The lowest BCUT2D eigenvalue weighted by Gasteiger charge is -2.19. The number of nitrogens with two attached hydrogens (primary N) is 3. The highest BCUT2D eigenvalue weighted by Crippen LogP contribution is 2.25. The van der Waals surface area contributed by atoms with Gasteiger partial charge in [0.15, 0.2) is 5.96 Å². The van der Waals surface area contributed by atoms with Crippen LogP contribution in [0.5, 0.6) is 0 Å². The first kappa shape index (κ1) is 34.0. The smallest absolute Gasteiger partial charge is 0.464 e. The van der Waals surface area contributed by atoms with Gasteiger partial charge in [0.25, 0.3) is 0 Å². The standard InChI is InChI=1S/C22H46N4O2.H3O4P/c1-3-5-7-9-10-12-15-19(14-11-8-6-4-2)18-28-21(27)20(23)16-13-17-26-22(24)25;1-5(2,3)4/h19-20H,3-18,23H2,1-2H3,(H4,24,25,26);(H3,1,2,3,4)/t19?,20-;/m0./s1. The summed E-state index contributed by atoms with van der Waals surface area (Å²) in [6.45, 7) is 5.46. The van der Waals surface area contributed by atoms with Crippen LogP contribution in [0.2, 0.25) is 0 Å². The van der Waals surface area contributed by atoms with Crippen molar-refractivity contribution >= 4 is 19.8 Å². The Balaban J connectivity index is 0. The molecule has 1 unspecified atom stereocenters. The maximum absolute atomic E-state index is 12.2. The van der Waals surface area contributed by atoms with Gasteiger partial charge in [0.1, 0.15) is 6.04 Å². The van der Waals surface area contributed by atoms with Crippen molar-refractivity contribution in [1.82, 2.24) is 0 Å². The van der Waals surface area contributed by atoms with Crippen molar-refractivity contribution in [1.29, 1.82) is 0 Å². The Hall–Kier alpha value is -1.19. The second-order valence-corrected chi connectivity index (χ2v) is 9.50. The summed E-state index contributed by atoms with van der Waals surface area (Å²) in [5, 5.41) is 0. The Labute approximate surface area is 200 Å². The summed E-state index contributed by atoms with van der Waals surface area (Å²) in [7, 11) is -4.64. The maximum Gasteiger partial charge on any atom is 0.466 e. The first-order chi connectivity index (χ1) is 15.5. The molecule has 0 rings (SSSR count). The third-order valence-electron chi connectivity index (χ3n) is 5.16. The van der Waals surface area contributed by atoms with Crippen LogP contribution >= 0.6 is 7.82 Å². The molecular weight excluding hydrogens is 447 g/mol. The van der Waals surface area contributed by atoms with Crippen molar-refractivity contribution in [2.45, 2.75) is 110 Å². The molecule has 11 heteroatoms. The van der Waals surface area contributed by atoms with E-state index in [9.17, 15) is 4.79 Å². The average molecular weight is 497 g/mol. The highest BCUT2D eigenvalue weighted by molar-refractivity contribution is 7.45. The number of carbonyl (C=O) groups excluding carboxylic acids is 1. The summed E-state index contributed by atoms with van der Waals surface area (Å²) in [5.41, 5.74) is 16.5. The van der Waals surface area contributed by atoms with Crippen molar-refractivity contribution in [3.8, 4) is 0 Å². The molecule has 0 aliphatic carbocycles. The summed E-state index contributed by atoms with van der Waals surface area (Å²) >= 11 is 0. The molecule has 0 aliphatic rings. The molecule has 198 valence electrons. The molecule has 0 radical (unpaired) electrons. The average Bonchev–Trinajstić information content (AvgIpc) is 2.72. The van der Waals surface area contributed by atoms with Gasteiger partial charge < -0.3 is 36.6 Å². The molecule has 0 aliphatic heterocycles. The Morgan fingerprint density at radius 3 is 1.79 bits per heavy atom. The molecule has 33 heavy (non-hydrogen) atoms. The Morgan fingerprint density at radius 1 is 0.848 bits per heavy atom. The van der Waals surface area contributed by atoms with E-state index in [1.807, 2.05) is 0 Å².